The highest BCUT2D eigenvalue weighted by molar-refractivity contribution is 5.66. The zero-order valence-corrected chi connectivity index (χ0v) is 17.8. The number of carbonyl (C=O) groups is 1. The molecule has 0 unspecified atom stereocenters. The summed E-state index contributed by atoms with van der Waals surface area (Å²) in [6.07, 6.45) is 8.65. The summed E-state index contributed by atoms with van der Waals surface area (Å²) in [6.45, 7) is 6.88. The van der Waals surface area contributed by atoms with Gasteiger partial charge in [0.25, 0.3) is 0 Å². The molecule has 3 fully saturated rings. The number of allylic oxidation sites excluding steroid dienone is 1. The van der Waals surface area contributed by atoms with E-state index < -0.39 is 5.97 Å². The van der Waals surface area contributed by atoms with E-state index in [1.807, 2.05) is 0 Å². The minimum absolute atomic E-state index is 0.142. The van der Waals surface area contributed by atoms with Crippen LogP contribution in [0, 0.1) is 34.5 Å². The average Bonchev–Trinajstić information content (AvgIpc) is 3.00. The lowest BCUT2D eigenvalue weighted by molar-refractivity contribution is -0.137. The first-order valence-corrected chi connectivity index (χ1v) is 11.5. The number of hydrogen-bond donors (Lipinski definition) is 3. The molecule has 4 nitrogen and oxygen atoms in total. The van der Waals surface area contributed by atoms with Gasteiger partial charge < -0.3 is 15.3 Å². The van der Waals surface area contributed by atoms with Gasteiger partial charge in [-0.05, 0) is 86.9 Å². The lowest BCUT2D eigenvalue weighted by Crippen LogP contribution is -2.52. The van der Waals surface area contributed by atoms with Crippen molar-refractivity contribution in [2.45, 2.75) is 97.2 Å². The van der Waals surface area contributed by atoms with Crippen LogP contribution >= 0.6 is 0 Å². The molecule has 0 bridgehead atoms. The summed E-state index contributed by atoms with van der Waals surface area (Å²) in [5, 5.41) is 30.7. The third kappa shape index (κ3) is 2.98. The summed E-state index contributed by atoms with van der Waals surface area (Å²) in [7, 11) is 0. The van der Waals surface area contributed by atoms with Gasteiger partial charge in [0.05, 0.1) is 12.2 Å². The highest BCUT2D eigenvalue weighted by Crippen LogP contribution is 2.65. The Morgan fingerprint density at radius 1 is 1.14 bits per heavy atom. The second-order valence-electron chi connectivity index (χ2n) is 10.8. The second-order valence-corrected chi connectivity index (χ2v) is 10.8. The smallest absolute Gasteiger partial charge is 0.303 e. The van der Waals surface area contributed by atoms with E-state index in [0.717, 1.165) is 44.9 Å². The summed E-state index contributed by atoms with van der Waals surface area (Å²) < 4.78 is 0. The molecule has 3 saturated carbocycles. The molecule has 0 aliphatic heterocycles. The van der Waals surface area contributed by atoms with Crippen molar-refractivity contribution < 1.29 is 20.1 Å². The van der Waals surface area contributed by atoms with Gasteiger partial charge in [0, 0.05) is 11.8 Å². The Kier molecular flexibility index (Phi) is 5.19. The first-order valence-electron chi connectivity index (χ1n) is 11.5. The molecule has 0 amide bonds. The minimum atomic E-state index is -0.719. The zero-order valence-electron chi connectivity index (χ0n) is 17.8. The number of fused-ring (bicyclic) bond motifs is 4. The van der Waals surface area contributed by atoms with Crippen LogP contribution in [-0.4, -0.2) is 33.5 Å². The lowest BCUT2D eigenvalue weighted by atomic mass is 9.48. The van der Waals surface area contributed by atoms with Crippen molar-refractivity contribution in [2.24, 2.45) is 34.5 Å². The third-order valence-electron chi connectivity index (χ3n) is 9.65. The second kappa shape index (κ2) is 7.12. The summed E-state index contributed by atoms with van der Waals surface area (Å²) >= 11 is 0. The molecule has 158 valence electrons. The molecule has 4 rings (SSSR count). The maximum Gasteiger partial charge on any atom is 0.303 e. The summed E-state index contributed by atoms with van der Waals surface area (Å²) in [5.74, 6) is 1.02. The normalized spacial score (nSPS) is 46.5. The lowest BCUT2D eigenvalue weighted by Gasteiger charge is -2.58. The van der Waals surface area contributed by atoms with E-state index in [4.69, 9.17) is 5.11 Å². The molecular weight excluding hydrogens is 352 g/mol. The monoisotopic (exact) mass is 390 g/mol. The Morgan fingerprint density at radius 3 is 2.61 bits per heavy atom. The van der Waals surface area contributed by atoms with Gasteiger partial charge in [-0.25, -0.2) is 0 Å². The van der Waals surface area contributed by atoms with Crippen molar-refractivity contribution in [2.75, 3.05) is 0 Å². The number of hydrogen-bond acceptors (Lipinski definition) is 3. The molecule has 4 aliphatic carbocycles. The fourth-order valence-electron chi connectivity index (χ4n) is 7.92. The van der Waals surface area contributed by atoms with Crippen LogP contribution in [0.4, 0.5) is 0 Å². The van der Waals surface area contributed by atoms with Crippen LogP contribution < -0.4 is 0 Å². The largest absolute Gasteiger partial charge is 0.481 e. The van der Waals surface area contributed by atoms with Crippen molar-refractivity contribution in [3.8, 4) is 0 Å². The van der Waals surface area contributed by atoms with Gasteiger partial charge >= 0.3 is 5.97 Å². The molecule has 8 atom stereocenters. The first kappa shape index (κ1) is 20.4. The van der Waals surface area contributed by atoms with Crippen LogP contribution in [0.2, 0.25) is 0 Å². The summed E-state index contributed by atoms with van der Waals surface area (Å²) in [5.41, 5.74) is 3.20. The number of aliphatic hydroxyl groups is 2. The molecule has 0 radical (unpaired) electrons. The van der Waals surface area contributed by atoms with Crippen LogP contribution in [0.1, 0.15) is 85.0 Å². The molecular formula is C24H38O4. The number of aliphatic hydroxyl groups excluding tert-OH is 2. The SMILES string of the molecule is C[C@H](CCC(=O)O)[C@H]1CCC2=C3CC[C@@H]4C[C@H](O)CC[C@]4(C)[C@H]3C[C@H](O)[C@@]21C. The van der Waals surface area contributed by atoms with Crippen LogP contribution in [-0.2, 0) is 4.79 Å². The molecule has 4 aliphatic rings. The predicted octanol–water partition coefficient (Wildman–Crippen LogP) is 4.54. The summed E-state index contributed by atoms with van der Waals surface area (Å²) in [4.78, 5) is 11.0. The minimum Gasteiger partial charge on any atom is -0.481 e. The Hall–Kier alpha value is -0.870. The fourth-order valence-corrected chi connectivity index (χ4v) is 7.92. The maximum atomic E-state index is 11.4. The summed E-state index contributed by atoms with van der Waals surface area (Å²) in [6, 6.07) is 0. The molecule has 0 spiro atoms. The van der Waals surface area contributed by atoms with Gasteiger partial charge in [-0.3, -0.25) is 4.79 Å². The van der Waals surface area contributed by atoms with Crippen molar-refractivity contribution >= 4 is 5.97 Å². The first-order chi connectivity index (χ1) is 13.2. The molecule has 0 aromatic carbocycles. The van der Waals surface area contributed by atoms with E-state index in [9.17, 15) is 15.0 Å². The van der Waals surface area contributed by atoms with Gasteiger partial charge in [-0.1, -0.05) is 31.9 Å². The van der Waals surface area contributed by atoms with Gasteiger partial charge in [-0.2, -0.15) is 0 Å². The molecule has 0 heterocycles. The van der Waals surface area contributed by atoms with Crippen LogP contribution in [0.15, 0.2) is 11.1 Å². The molecule has 4 heteroatoms. The van der Waals surface area contributed by atoms with Crippen LogP contribution in [0.3, 0.4) is 0 Å². The predicted molar refractivity (Wildman–Crippen MR) is 109 cm³/mol. The number of aliphatic carboxylic acids is 1. The fraction of sp³-hybridized carbons (Fsp3) is 0.875. The van der Waals surface area contributed by atoms with Gasteiger partial charge in [0.2, 0.25) is 0 Å². The van der Waals surface area contributed by atoms with Crippen LogP contribution in [0.25, 0.3) is 0 Å². The Bertz CT molecular complexity index is 670. The van der Waals surface area contributed by atoms with Crippen molar-refractivity contribution in [1.82, 2.24) is 0 Å². The number of carboxylic acids is 1. The van der Waals surface area contributed by atoms with Gasteiger partial charge in [-0.15, -0.1) is 0 Å². The van der Waals surface area contributed by atoms with Gasteiger partial charge in [0.15, 0.2) is 0 Å². The number of carboxylic acid groups (broad SMARTS) is 1. The van der Waals surface area contributed by atoms with E-state index >= 15 is 0 Å². The molecule has 0 aromatic heterocycles. The number of rotatable bonds is 4. The van der Waals surface area contributed by atoms with E-state index in [2.05, 4.69) is 20.8 Å². The maximum absolute atomic E-state index is 11.4. The van der Waals surface area contributed by atoms with E-state index in [0.29, 0.717) is 30.1 Å². The Morgan fingerprint density at radius 2 is 1.89 bits per heavy atom. The molecule has 3 N–H and O–H groups in total. The van der Waals surface area contributed by atoms with E-state index in [1.54, 1.807) is 5.57 Å². The topological polar surface area (TPSA) is 77.8 Å². The molecule has 0 saturated heterocycles. The molecule has 0 aromatic rings. The van der Waals surface area contributed by atoms with Gasteiger partial charge in [0.1, 0.15) is 0 Å². The van der Waals surface area contributed by atoms with Crippen molar-refractivity contribution in [1.29, 1.82) is 0 Å². The third-order valence-corrected chi connectivity index (χ3v) is 9.65. The average molecular weight is 391 g/mol. The zero-order chi connectivity index (χ0) is 20.3. The van der Waals surface area contributed by atoms with E-state index in [1.165, 1.54) is 12.0 Å². The molecule has 28 heavy (non-hydrogen) atoms. The quantitative estimate of drug-likeness (QED) is 0.616. The van der Waals surface area contributed by atoms with Crippen molar-refractivity contribution in [3.05, 3.63) is 11.1 Å². The highest BCUT2D eigenvalue weighted by Gasteiger charge is 2.58. The van der Waals surface area contributed by atoms with Crippen LogP contribution in [0.5, 0.6) is 0 Å². The van der Waals surface area contributed by atoms with Crippen molar-refractivity contribution in [3.63, 3.8) is 0 Å². The Labute approximate surface area is 169 Å². The standard InChI is InChI=1S/C24H38O4/c1-14(4-9-22(27)28)18-7-8-19-17-6-5-15-12-16(25)10-11-23(15,2)20(17)13-21(26)24(18,19)3/h14-16,18,20-21,25-26H,4-13H2,1-3H3,(H,27,28)/t14-,15-,16-,18-,20+,21+,23+,24-/m1/s1. The highest BCUT2D eigenvalue weighted by atomic mass is 16.4. The Balaban J connectivity index is 1.64. The van der Waals surface area contributed by atoms with E-state index in [-0.39, 0.29) is 29.5 Å².